The SMILES string of the molecule is CC(=O)O[C@@H]1C[C@@]2(C)C(=CC1=O)CC[C@@H]1[C@@H]2CC[C@]2(C)C(=O)CC[C@@H]12. The molecule has 0 saturated heterocycles. The summed E-state index contributed by atoms with van der Waals surface area (Å²) in [6, 6.07) is 0. The average Bonchev–Trinajstić information content (AvgIpc) is 2.84. The maximum absolute atomic E-state index is 12.5. The maximum atomic E-state index is 12.5. The van der Waals surface area contributed by atoms with Crippen LogP contribution < -0.4 is 0 Å². The summed E-state index contributed by atoms with van der Waals surface area (Å²) in [6.07, 6.45) is 7.53. The number of hydrogen-bond donors (Lipinski definition) is 0. The molecule has 0 aliphatic heterocycles. The van der Waals surface area contributed by atoms with E-state index >= 15 is 0 Å². The summed E-state index contributed by atoms with van der Waals surface area (Å²) in [5.41, 5.74) is 1.04. The van der Waals surface area contributed by atoms with Crippen molar-refractivity contribution in [3.05, 3.63) is 11.6 Å². The van der Waals surface area contributed by atoms with Gasteiger partial charge in [0.1, 0.15) is 5.78 Å². The van der Waals surface area contributed by atoms with E-state index in [1.165, 1.54) is 12.5 Å². The van der Waals surface area contributed by atoms with Crippen molar-refractivity contribution in [1.82, 2.24) is 0 Å². The first kappa shape index (κ1) is 17.0. The van der Waals surface area contributed by atoms with Crippen molar-refractivity contribution in [2.45, 2.75) is 71.8 Å². The number of allylic oxidation sites excluding steroid dienone is 1. The van der Waals surface area contributed by atoms with Crippen LogP contribution in [0.15, 0.2) is 11.6 Å². The molecule has 25 heavy (non-hydrogen) atoms. The predicted molar refractivity (Wildman–Crippen MR) is 92.7 cm³/mol. The number of Topliss-reactive ketones (excluding diaryl/α,β-unsaturated/α-hetero) is 1. The molecule has 4 aliphatic carbocycles. The summed E-state index contributed by atoms with van der Waals surface area (Å²) in [7, 11) is 0. The molecule has 0 bridgehead atoms. The van der Waals surface area contributed by atoms with Crippen molar-refractivity contribution in [2.75, 3.05) is 0 Å². The van der Waals surface area contributed by atoms with Gasteiger partial charge < -0.3 is 4.74 Å². The van der Waals surface area contributed by atoms with Gasteiger partial charge in [0, 0.05) is 25.2 Å². The van der Waals surface area contributed by atoms with E-state index in [1.54, 1.807) is 6.08 Å². The Morgan fingerprint density at radius 3 is 2.52 bits per heavy atom. The number of fused-ring (bicyclic) bond motifs is 5. The monoisotopic (exact) mass is 344 g/mol. The molecule has 3 fully saturated rings. The van der Waals surface area contributed by atoms with Crippen LogP contribution in [0.4, 0.5) is 0 Å². The molecule has 0 spiro atoms. The summed E-state index contributed by atoms with van der Waals surface area (Å²) in [5, 5.41) is 0. The Balaban J connectivity index is 1.66. The quantitative estimate of drug-likeness (QED) is 0.682. The van der Waals surface area contributed by atoms with E-state index in [0.29, 0.717) is 30.0 Å². The molecule has 4 nitrogen and oxygen atoms in total. The van der Waals surface area contributed by atoms with E-state index in [2.05, 4.69) is 13.8 Å². The minimum atomic E-state index is -0.636. The molecule has 3 saturated carbocycles. The van der Waals surface area contributed by atoms with Gasteiger partial charge in [0.15, 0.2) is 11.9 Å². The van der Waals surface area contributed by atoms with Gasteiger partial charge in [-0.15, -0.1) is 0 Å². The van der Waals surface area contributed by atoms with Crippen LogP contribution in [0.1, 0.15) is 65.7 Å². The first-order valence-electron chi connectivity index (χ1n) is 9.71. The fourth-order valence-electron chi connectivity index (χ4n) is 6.67. The summed E-state index contributed by atoms with van der Waals surface area (Å²) >= 11 is 0. The summed E-state index contributed by atoms with van der Waals surface area (Å²) < 4.78 is 5.33. The standard InChI is InChI=1S/C21H28O4/c1-12(22)25-18-11-21(3)13(10-17(18)23)4-5-14-15-6-7-19(24)20(15,2)9-8-16(14)21/h10,14-16,18H,4-9,11H2,1-3H3/t14-,15-,16-,18+,20-,21-/m0/s1. The lowest BCUT2D eigenvalue weighted by Crippen LogP contribution is -2.52. The fraction of sp³-hybridized carbons (Fsp3) is 0.762. The van der Waals surface area contributed by atoms with Gasteiger partial charge in [-0.1, -0.05) is 19.4 Å². The van der Waals surface area contributed by atoms with Gasteiger partial charge >= 0.3 is 5.97 Å². The summed E-state index contributed by atoms with van der Waals surface area (Å²) in [4.78, 5) is 36.2. The van der Waals surface area contributed by atoms with Gasteiger partial charge in [-0.3, -0.25) is 14.4 Å². The van der Waals surface area contributed by atoms with E-state index < -0.39 is 6.10 Å². The topological polar surface area (TPSA) is 60.4 Å². The molecular weight excluding hydrogens is 316 g/mol. The molecule has 4 aliphatic rings. The van der Waals surface area contributed by atoms with Crippen LogP contribution >= 0.6 is 0 Å². The zero-order chi connectivity index (χ0) is 18.0. The van der Waals surface area contributed by atoms with Crippen LogP contribution in [0.2, 0.25) is 0 Å². The van der Waals surface area contributed by atoms with Crippen LogP contribution in [0.3, 0.4) is 0 Å². The van der Waals surface area contributed by atoms with Crippen molar-refractivity contribution in [3.63, 3.8) is 0 Å². The molecule has 0 heterocycles. The first-order valence-corrected chi connectivity index (χ1v) is 9.71. The summed E-state index contributed by atoms with van der Waals surface area (Å²) in [5.74, 6) is 1.55. The third kappa shape index (κ3) is 2.36. The lowest BCUT2D eigenvalue weighted by Gasteiger charge is -2.57. The lowest BCUT2D eigenvalue weighted by atomic mass is 9.47. The first-order chi connectivity index (χ1) is 11.8. The molecule has 0 aromatic carbocycles. The molecule has 0 aromatic rings. The lowest BCUT2D eigenvalue weighted by molar-refractivity contribution is -0.156. The second-order valence-electron chi connectivity index (χ2n) is 9.13. The molecule has 0 radical (unpaired) electrons. The second kappa shape index (κ2) is 5.52. The largest absolute Gasteiger partial charge is 0.454 e. The van der Waals surface area contributed by atoms with Crippen LogP contribution in [-0.4, -0.2) is 23.6 Å². The van der Waals surface area contributed by atoms with Crippen molar-refractivity contribution < 1.29 is 19.1 Å². The summed E-state index contributed by atoms with van der Waals surface area (Å²) in [6.45, 7) is 5.82. The Kier molecular flexibility index (Phi) is 3.75. The van der Waals surface area contributed by atoms with Crippen LogP contribution in [0, 0.1) is 28.6 Å². The molecule has 0 unspecified atom stereocenters. The Hall–Kier alpha value is -1.45. The van der Waals surface area contributed by atoms with Crippen LogP contribution in [0.25, 0.3) is 0 Å². The van der Waals surface area contributed by atoms with E-state index in [9.17, 15) is 14.4 Å². The van der Waals surface area contributed by atoms with E-state index in [1.807, 2.05) is 0 Å². The number of ether oxygens (including phenoxy) is 1. The van der Waals surface area contributed by atoms with Crippen molar-refractivity contribution in [3.8, 4) is 0 Å². The van der Waals surface area contributed by atoms with Crippen molar-refractivity contribution in [1.29, 1.82) is 0 Å². The van der Waals surface area contributed by atoms with Gasteiger partial charge in [0.2, 0.25) is 0 Å². The smallest absolute Gasteiger partial charge is 0.303 e. The van der Waals surface area contributed by atoms with E-state index in [4.69, 9.17) is 4.74 Å². The Morgan fingerprint density at radius 1 is 1.08 bits per heavy atom. The molecular formula is C21H28O4. The number of ketones is 2. The normalized spacial score (nSPS) is 46.0. The number of carbonyl (C=O) groups excluding carboxylic acids is 3. The van der Waals surface area contributed by atoms with Gasteiger partial charge in [0.25, 0.3) is 0 Å². The molecule has 6 atom stereocenters. The molecule has 4 rings (SSSR count). The fourth-order valence-corrected chi connectivity index (χ4v) is 6.67. The third-order valence-corrected chi connectivity index (χ3v) is 8.00. The van der Waals surface area contributed by atoms with Gasteiger partial charge in [-0.05, 0) is 61.3 Å². The minimum Gasteiger partial charge on any atom is -0.454 e. The second-order valence-corrected chi connectivity index (χ2v) is 9.13. The number of hydrogen-bond acceptors (Lipinski definition) is 4. The highest BCUT2D eigenvalue weighted by atomic mass is 16.5. The Bertz CT molecular complexity index is 677. The van der Waals surface area contributed by atoms with E-state index in [0.717, 1.165) is 38.5 Å². The highest BCUT2D eigenvalue weighted by Crippen LogP contribution is 2.64. The number of rotatable bonds is 1. The van der Waals surface area contributed by atoms with Gasteiger partial charge in [0.05, 0.1) is 0 Å². The molecule has 0 aromatic heterocycles. The Morgan fingerprint density at radius 2 is 1.80 bits per heavy atom. The maximum Gasteiger partial charge on any atom is 0.303 e. The number of carbonyl (C=O) groups is 3. The minimum absolute atomic E-state index is 0.0576. The zero-order valence-corrected chi connectivity index (χ0v) is 15.5. The van der Waals surface area contributed by atoms with Crippen molar-refractivity contribution >= 4 is 17.5 Å². The highest BCUT2D eigenvalue weighted by molar-refractivity contribution is 5.96. The van der Waals surface area contributed by atoms with Crippen LogP contribution in [-0.2, 0) is 19.1 Å². The average molecular weight is 344 g/mol. The van der Waals surface area contributed by atoms with Gasteiger partial charge in [-0.2, -0.15) is 0 Å². The highest BCUT2D eigenvalue weighted by Gasteiger charge is 2.59. The van der Waals surface area contributed by atoms with Gasteiger partial charge in [-0.25, -0.2) is 0 Å². The Labute approximate surface area is 149 Å². The van der Waals surface area contributed by atoms with Crippen LogP contribution in [0.5, 0.6) is 0 Å². The zero-order valence-electron chi connectivity index (χ0n) is 15.5. The van der Waals surface area contributed by atoms with E-state index in [-0.39, 0.29) is 22.6 Å². The predicted octanol–water partition coefficient (Wildman–Crippen LogP) is 3.63. The molecule has 0 N–H and O–H groups in total. The molecule has 136 valence electrons. The molecule has 0 amide bonds. The number of esters is 1. The third-order valence-electron chi connectivity index (χ3n) is 8.00. The molecule has 4 heteroatoms. The van der Waals surface area contributed by atoms with Crippen molar-refractivity contribution in [2.24, 2.45) is 28.6 Å².